The highest BCUT2D eigenvalue weighted by Crippen LogP contribution is 2.24. The summed E-state index contributed by atoms with van der Waals surface area (Å²) in [5.74, 6) is 1.00. The zero-order valence-corrected chi connectivity index (χ0v) is 9.68. The first kappa shape index (κ1) is 10.6. The smallest absolute Gasteiger partial charge is 0.222 e. The number of ether oxygens (including phenoxy) is 1. The lowest BCUT2D eigenvalue weighted by Crippen LogP contribution is -1.88. The number of halogens is 1. The summed E-state index contributed by atoms with van der Waals surface area (Å²) in [6, 6.07) is 8.82. The van der Waals surface area contributed by atoms with Gasteiger partial charge in [-0.3, -0.25) is 0 Å². The molecule has 0 unspecified atom stereocenters. The lowest BCUT2D eigenvalue weighted by molar-refractivity contribution is 0.461. The first-order valence-electron chi connectivity index (χ1n) is 4.42. The molecular formula is C11H6BrN3O. The second kappa shape index (κ2) is 4.73. The van der Waals surface area contributed by atoms with Gasteiger partial charge in [0, 0.05) is 16.7 Å². The van der Waals surface area contributed by atoms with Crippen molar-refractivity contribution in [2.45, 2.75) is 0 Å². The van der Waals surface area contributed by atoms with E-state index < -0.39 is 0 Å². The molecule has 0 aliphatic rings. The monoisotopic (exact) mass is 275 g/mol. The number of benzene rings is 1. The van der Waals surface area contributed by atoms with Crippen LogP contribution in [-0.4, -0.2) is 9.97 Å². The van der Waals surface area contributed by atoms with Gasteiger partial charge in [-0.1, -0.05) is 15.9 Å². The van der Waals surface area contributed by atoms with Crippen LogP contribution in [0.25, 0.3) is 0 Å². The molecule has 0 aliphatic heterocycles. The quantitative estimate of drug-likeness (QED) is 0.846. The molecular weight excluding hydrogens is 270 g/mol. The fourth-order valence-electron chi connectivity index (χ4n) is 1.15. The van der Waals surface area contributed by atoms with E-state index in [0.717, 1.165) is 4.47 Å². The summed E-state index contributed by atoms with van der Waals surface area (Å²) in [6.07, 6.45) is 2.99. The molecule has 4 nitrogen and oxygen atoms in total. The highest BCUT2D eigenvalue weighted by molar-refractivity contribution is 9.10. The lowest BCUT2D eigenvalue weighted by atomic mass is 10.2. The maximum absolute atomic E-state index is 8.80. The second-order valence-corrected chi connectivity index (χ2v) is 3.85. The van der Waals surface area contributed by atoms with E-state index in [-0.39, 0.29) is 0 Å². The van der Waals surface area contributed by atoms with E-state index in [1.807, 2.05) is 0 Å². The molecule has 0 spiro atoms. The third-order valence-corrected chi connectivity index (χ3v) is 2.24. The lowest BCUT2D eigenvalue weighted by Gasteiger charge is -2.04. The van der Waals surface area contributed by atoms with Crippen LogP contribution in [0.15, 0.2) is 41.3 Å². The summed E-state index contributed by atoms with van der Waals surface area (Å²) in [6.45, 7) is 0. The van der Waals surface area contributed by atoms with Crippen LogP contribution in [-0.2, 0) is 0 Å². The van der Waals surface area contributed by atoms with Crippen LogP contribution >= 0.6 is 15.9 Å². The second-order valence-electron chi connectivity index (χ2n) is 2.94. The van der Waals surface area contributed by atoms with Crippen LogP contribution in [0.4, 0.5) is 0 Å². The van der Waals surface area contributed by atoms with Gasteiger partial charge in [0.05, 0.1) is 11.6 Å². The van der Waals surface area contributed by atoms with Crippen molar-refractivity contribution in [3.05, 3.63) is 46.8 Å². The van der Waals surface area contributed by atoms with Gasteiger partial charge >= 0.3 is 0 Å². The summed E-state index contributed by atoms with van der Waals surface area (Å²) in [5, 5.41) is 8.80. The van der Waals surface area contributed by atoms with Crippen molar-refractivity contribution in [1.29, 1.82) is 5.26 Å². The number of aromatic nitrogens is 2. The molecule has 0 saturated carbocycles. The Kier molecular flexibility index (Phi) is 3.13. The van der Waals surface area contributed by atoms with Gasteiger partial charge in [0.15, 0.2) is 0 Å². The van der Waals surface area contributed by atoms with Gasteiger partial charge in [-0.15, -0.1) is 0 Å². The summed E-state index contributed by atoms with van der Waals surface area (Å²) < 4.78 is 6.26. The van der Waals surface area contributed by atoms with Crippen molar-refractivity contribution in [2.24, 2.45) is 0 Å². The molecule has 0 radical (unpaired) electrons. The molecule has 5 heteroatoms. The van der Waals surface area contributed by atoms with Crippen molar-refractivity contribution >= 4 is 15.9 Å². The predicted molar refractivity (Wildman–Crippen MR) is 61.0 cm³/mol. The number of hydrogen-bond acceptors (Lipinski definition) is 4. The van der Waals surface area contributed by atoms with Crippen molar-refractivity contribution < 1.29 is 4.74 Å². The highest BCUT2D eigenvalue weighted by Gasteiger charge is 2.02. The van der Waals surface area contributed by atoms with E-state index in [9.17, 15) is 0 Å². The first-order valence-corrected chi connectivity index (χ1v) is 5.22. The fourth-order valence-corrected chi connectivity index (χ4v) is 1.62. The minimum Gasteiger partial charge on any atom is -0.439 e. The van der Waals surface area contributed by atoms with E-state index >= 15 is 0 Å². The standard InChI is InChI=1S/C11H6BrN3O/c12-9-3-8(6-13)4-10(5-9)16-11-1-2-14-7-15-11/h1-5,7H. The molecule has 1 aromatic carbocycles. The average molecular weight is 276 g/mol. The Labute approximate surface area is 101 Å². The molecule has 0 fully saturated rings. The maximum atomic E-state index is 8.80. The molecule has 0 amide bonds. The summed E-state index contributed by atoms with van der Waals surface area (Å²) in [5.41, 5.74) is 0.526. The van der Waals surface area contributed by atoms with E-state index in [4.69, 9.17) is 10.00 Å². The maximum Gasteiger partial charge on any atom is 0.222 e. The van der Waals surface area contributed by atoms with Gasteiger partial charge in [0.2, 0.25) is 5.88 Å². The van der Waals surface area contributed by atoms with Crippen molar-refractivity contribution in [1.82, 2.24) is 9.97 Å². The average Bonchev–Trinajstić information content (AvgIpc) is 2.29. The SMILES string of the molecule is N#Cc1cc(Br)cc(Oc2ccncn2)c1. The summed E-state index contributed by atoms with van der Waals surface area (Å²) in [7, 11) is 0. The van der Waals surface area contributed by atoms with E-state index in [2.05, 4.69) is 32.0 Å². The summed E-state index contributed by atoms with van der Waals surface area (Å²) in [4.78, 5) is 7.71. The normalized spacial score (nSPS) is 9.50. The van der Waals surface area contributed by atoms with Gasteiger partial charge in [-0.2, -0.15) is 5.26 Å². The Morgan fingerprint density at radius 3 is 2.88 bits per heavy atom. The van der Waals surface area contributed by atoms with Gasteiger partial charge in [0.1, 0.15) is 12.1 Å². The van der Waals surface area contributed by atoms with Crippen LogP contribution in [0.1, 0.15) is 5.56 Å². The van der Waals surface area contributed by atoms with Crippen LogP contribution in [0.3, 0.4) is 0 Å². The number of rotatable bonds is 2. The molecule has 16 heavy (non-hydrogen) atoms. The predicted octanol–water partition coefficient (Wildman–Crippen LogP) is 2.90. The minimum atomic E-state index is 0.442. The van der Waals surface area contributed by atoms with Gasteiger partial charge < -0.3 is 4.74 Å². The van der Waals surface area contributed by atoms with Crippen molar-refractivity contribution in [3.8, 4) is 17.7 Å². The highest BCUT2D eigenvalue weighted by atomic mass is 79.9. The molecule has 1 aromatic heterocycles. The minimum absolute atomic E-state index is 0.442. The summed E-state index contributed by atoms with van der Waals surface area (Å²) >= 11 is 3.30. The topological polar surface area (TPSA) is 58.8 Å². The molecule has 0 bridgehead atoms. The number of nitrogens with zero attached hydrogens (tertiary/aromatic N) is 3. The van der Waals surface area contributed by atoms with Crippen LogP contribution < -0.4 is 4.74 Å². The van der Waals surface area contributed by atoms with Crippen molar-refractivity contribution in [3.63, 3.8) is 0 Å². The van der Waals surface area contributed by atoms with Gasteiger partial charge in [-0.25, -0.2) is 9.97 Å². The van der Waals surface area contributed by atoms with Crippen LogP contribution in [0.5, 0.6) is 11.6 Å². The number of nitriles is 1. The molecule has 0 N–H and O–H groups in total. The zero-order chi connectivity index (χ0) is 11.4. The molecule has 2 rings (SSSR count). The van der Waals surface area contributed by atoms with Crippen molar-refractivity contribution in [2.75, 3.05) is 0 Å². The molecule has 2 aromatic rings. The Balaban J connectivity index is 2.29. The fraction of sp³-hybridized carbons (Fsp3) is 0. The molecule has 0 saturated heterocycles. The zero-order valence-electron chi connectivity index (χ0n) is 8.09. The van der Waals surface area contributed by atoms with Crippen LogP contribution in [0, 0.1) is 11.3 Å². The first-order chi connectivity index (χ1) is 7.78. The third kappa shape index (κ3) is 2.55. The Bertz CT molecular complexity index is 537. The van der Waals surface area contributed by atoms with Gasteiger partial charge in [-0.05, 0) is 18.2 Å². The molecule has 0 aliphatic carbocycles. The largest absolute Gasteiger partial charge is 0.439 e. The van der Waals surface area contributed by atoms with E-state index in [1.54, 1.807) is 30.5 Å². The Hall–Kier alpha value is -1.93. The molecule has 0 atom stereocenters. The number of hydrogen-bond donors (Lipinski definition) is 0. The Morgan fingerprint density at radius 2 is 2.19 bits per heavy atom. The molecule has 1 heterocycles. The third-order valence-electron chi connectivity index (χ3n) is 1.78. The Morgan fingerprint density at radius 1 is 1.31 bits per heavy atom. The van der Waals surface area contributed by atoms with Gasteiger partial charge in [0.25, 0.3) is 0 Å². The van der Waals surface area contributed by atoms with E-state index in [0.29, 0.717) is 17.2 Å². The van der Waals surface area contributed by atoms with Crippen LogP contribution in [0.2, 0.25) is 0 Å². The molecule has 78 valence electrons. The van der Waals surface area contributed by atoms with E-state index in [1.165, 1.54) is 6.33 Å².